The molecule has 4 unspecified atom stereocenters. The number of imide groups is 3. The fourth-order valence-corrected chi connectivity index (χ4v) is 2.79. The van der Waals surface area contributed by atoms with Gasteiger partial charge < -0.3 is 9.47 Å². The van der Waals surface area contributed by atoms with Crippen LogP contribution in [-0.4, -0.2) is 40.6 Å². The monoisotopic (exact) mass is 265 g/mol. The Bertz CT molecular complexity index is 474. The summed E-state index contributed by atoms with van der Waals surface area (Å²) >= 11 is 0. The Morgan fingerprint density at radius 2 is 1.63 bits per heavy atom. The number of fused-ring (bicyclic) bond motifs is 5. The van der Waals surface area contributed by atoms with Crippen LogP contribution in [0.25, 0.3) is 0 Å². The van der Waals surface area contributed by atoms with E-state index in [2.05, 4.69) is 0 Å². The Morgan fingerprint density at radius 3 is 2.05 bits per heavy atom. The minimum atomic E-state index is -0.892. The Hall–Kier alpha value is -1.69. The van der Waals surface area contributed by atoms with Gasteiger partial charge in [-0.1, -0.05) is 12.2 Å². The first-order valence-electron chi connectivity index (χ1n) is 6.24. The molecule has 2 bridgehead atoms. The topological polar surface area (TPSA) is 72.9 Å². The SMILES string of the molecule is CC(C)(C)OC(=O)N1C(=O)C2C3C=CC(O3)C2C1=O. The first kappa shape index (κ1) is 12.3. The third-order valence-corrected chi connectivity index (χ3v) is 3.49. The van der Waals surface area contributed by atoms with Gasteiger partial charge in [-0.05, 0) is 20.8 Å². The normalized spacial score (nSPS) is 36.1. The van der Waals surface area contributed by atoms with Crippen LogP contribution in [0.4, 0.5) is 4.79 Å². The smallest absolute Gasteiger partial charge is 0.424 e. The van der Waals surface area contributed by atoms with E-state index >= 15 is 0 Å². The third-order valence-electron chi connectivity index (χ3n) is 3.49. The molecule has 4 atom stereocenters. The first-order valence-corrected chi connectivity index (χ1v) is 6.24. The van der Waals surface area contributed by atoms with E-state index in [0.717, 1.165) is 0 Å². The van der Waals surface area contributed by atoms with Crippen molar-refractivity contribution in [2.75, 3.05) is 0 Å². The molecule has 2 fully saturated rings. The van der Waals surface area contributed by atoms with Gasteiger partial charge in [0, 0.05) is 0 Å². The van der Waals surface area contributed by atoms with Crippen LogP contribution in [-0.2, 0) is 19.1 Å². The molecule has 3 heterocycles. The van der Waals surface area contributed by atoms with Crippen LogP contribution in [0.15, 0.2) is 12.2 Å². The minimum Gasteiger partial charge on any atom is -0.443 e. The van der Waals surface area contributed by atoms with Crippen LogP contribution < -0.4 is 0 Å². The maximum Gasteiger partial charge on any atom is 0.424 e. The molecule has 0 aromatic heterocycles. The molecule has 0 aliphatic carbocycles. The number of hydrogen-bond donors (Lipinski definition) is 0. The molecule has 0 spiro atoms. The Kier molecular flexibility index (Phi) is 2.38. The van der Waals surface area contributed by atoms with Crippen molar-refractivity contribution < 1.29 is 23.9 Å². The standard InChI is InChI=1S/C13H15NO5/c1-13(2,3)19-12(17)14-10(15)8-6-4-5-7(18-6)9(8)11(14)16/h4-9H,1-3H3. The number of amides is 3. The molecule has 3 aliphatic heterocycles. The van der Waals surface area contributed by atoms with Crippen molar-refractivity contribution in [3.8, 4) is 0 Å². The lowest BCUT2D eigenvalue weighted by Gasteiger charge is -2.23. The first-order chi connectivity index (χ1) is 8.79. The summed E-state index contributed by atoms with van der Waals surface area (Å²) in [6.07, 6.45) is 1.87. The van der Waals surface area contributed by atoms with E-state index in [-0.39, 0.29) is 12.2 Å². The molecule has 0 saturated carbocycles. The number of hydrogen-bond acceptors (Lipinski definition) is 5. The van der Waals surface area contributed by atoms with Crippen molar-refractivity contribution in [1.82, 2.24) is 4.90 Å². The van der Waals surface area contributed by atoms with Crippen LogP contribution in [0.2, 0.25) is 0 Å². The van der Waals surface area contributed by atoms with Crippen LogP contribution in [0.5, 0.6) is 0 Å². The van der Waals surface area contributed by atoms with E-state index in [1.54, 1.807) is 32.9 Å². The molecule has 102 valence electrons. The van der Waals surface area contributed by atoms with Crippen molar-refractivity contribution in [3.05, 3.63) is 12.2 Å². The van der Waals surface area contributed by atoms with Gasteiger partial charge in [0.15, 0.2) is 0 Å². The summed E-state index contributed by atoms with van der Waals surface area (Å²) in [5, 5.41) is 0. The zero-order valence-electron chi connectivity index (χ0n) is 11.0. The third kappa shape index (κ3) is 1.70. The van der Waals surface area contributed by atoms with Crippen molar-refractivity contribution in [2.24, 2.45) is 11.8 Å². The van der Waals surface area contributed by atoms with Crippen LogP contribution in [0, 0.1) is 11.8 Å². The molecule has 19 heavy (non-hydrogen) atoms. The Morgan fingerprint density at radius 1 is 1.16 bits per heavy atom. The maximum absolute atomic E-state index is 12.2. The molecule has 6 heteroatoms. The number of carbonyl (C=O) groups is 3. The second-order valence-electron chi connectivity index (χ2n) is 5.99. The number of rotatable bonds is 0. The summed E-state index contributed by atoms with van der Waals surface area (Å²) in [5.74, 6) is -2.17. The Balaban J connectivity index is 1.85. The van der Waals surface area contributed by atoms with E-state index in [9.17, 15) is 14.4 Å². The van der Waals surface area contributed by atoms with Gasteiger partial charge >= 0.3 is 6.09 Å². The van der Waals surface area contributed by atoms with Crippen molar-refractivity contribution >= 4 is 17.9 Å². The number of likely N-dealkylation sites (tertiary alicyclic amines) is 1. The van der Waals surface area contributed by atoms with Crippen LogP contribution in [0.3, 0.4) is 0 Å². The second-order valence-corrected chi connectivity index (χ2v) is 5.99. The molecule has 0 aromatic rings. The zero-order valence-corrected chi connectivity index (χ0v) is 11.0. The fourth-order valence-electron chi connectivity index (χ4n) is 2.79. The van der Waals surface area contributed by atoms with Gasteiger partial charge in [0.25, 0.3) is 0 Å². The van der Waals surface area contributed by atoms with E-state index in [0.29, 0.717) is 4.90 Å². The molecule has 3 amide bonds. The summed E-state index contributed by atoms with van der Waals surface area (Å²) in [4.78, 5) is 37.0. The highest BCUT2D eigenvalue weighted by Crippen LogP contribution is 2.45. The molecule has 6 nitrogen and oxygen atoms in total. The lowest BCUT2D eigenvalue weighted by molar-refractivity contribution is -0.140. The van der Waals surface area contributed by atoms with Gasteiger partial charge in [0.1, 0.15) is 5.60 Å². The average Bonchev–Trinajstić information content (AvgIpc) is 2.89. The predicted octanol–water partition coefficient (Wildman–Crippen LogP) is 0.860. The quantitative estimate of drug-likeness (QED) is 0.480. The largest absolute Gasteiger partial charge is 0.443 e. The second kappa shape index (κ2) is 3.66. The van der Waals surface area contributed by atoms with Crippen LogP contribution >= 0.6 is 0 Å². The molecule has 0 N–H and O–H groups in total. The average molecular weight is 265 g/mol. The summed E-state index contributed by atoms with van der Waals surface area (Å²) in [7, 11) is 0. The molecular weight excluding hydrogens is 250 g/mol. The van der Waals surface area contributed by atoms with Crippen LogP contribution in [0.1, 0.15) is 20.8 Å². The molecule has 3 aliphatic rings. The Labute approximate surface area is 110 Å². The number of carbonyl (C=O) groups excluding carboxylic acids is 3. The molecule has 0 aromatic carbocycles. The highest BCUT2D eigenvalue weighted by molar-refractivity contribution is 6.16. The van der Waals surface area contributed by atoms with E-state index in [4.69, 9.17) is 9.47 Å². The minimum absolute atomic E-state index is 0.390. The molecule has 3 rings (SSSR count). The zero-order chi connectivity index (χ0) is 13.9. The maximum atomic E-state index is 12.2. The van der Waals surface area contributed by atoms with Crippen molar-refractivity contribution in [3.63, 3.8) is 0 Å². The van der Waals surface area contributed by atoms with E-state index in [1.165, 1.54) is 0 Å². The van der Waals surface area contributed by atoms with E-state index < -0.39 is 35.3 Å². The van der Waals surface area contributed by atoms with Gasteiger partial charge in [-0.3, -0.25) is 9.59 Å². The predicted molar refractivity (Wildman–Crippen MR) is 62.9 cm³/mol. The fraction of sp³-hybridized carbons (Fsp3) is 0.615. The number of ether oxygens (including phenoxy) is 2. The highest BCUT2D eigenvalue weighted by Gasteiger charge is 2.62. The molecular formula is C13H15NO5. The summed E-state index contributed by atoms with van der Waals surface area (Å²) in [6.45, 7) is 5.06. The molecule has 0 radical (unpaired) electrons. The lowest BCUT2D eigenvalue weighted by atomic mass is 9.85. The summed E-state index contributed by atoms with van der Waals surface area (Å²) in [5.41, 5.74) is -0.747. The van der Waals surface area contributed by atoms with Gasteiger partial charge in [-0.2, -0.15) is 4.90 Å². The summed E-state index contributed by atoms with van der Waals surface area (Å²) in [6, 6.07) is 0. The van der Waals surface area contributed by atoms with E-state index in [1.807, 2.05) is 0 Å². The summed E-state index contributed by atoms with van der Waals surface area (Å²) < 4.78 is 10.6. The number of nitrogens with zero attached hydrogens (tertiary/aromatic N) is 1. The van der Waals surface area contributed by atoms with Gasteiger partial charge in [-0.15, -0.1) is 0 Å². The van der Waals surface area contributed by atoms with Gasteiger partial charge in [0.05, 0.1) is 24.0 Å². The van der Waals surface area contributed by atoms with Gasteiger partial charge in [-0.25, -0.2) is 4.79 Å². The molecule has 2 saturated heterocycles. The van der Waals surface area contributed by atoms with Crippen molar-refractivity contribution in [1.29, 1.82) is 0 Å². The highest BCUT2D eigenvalue weighted by atomic mass is 16.6. The lowest BCUT2D eigenvalue weighted by Crippen LogP contribution is -2.42. The van der Waals surface area contributed by atoms with Gasteiger partial charge in [0.2, 0.25) is 11.8 Å². The van der Waals surface area contributed by atoms with Crippen molar-refractivity contribution in [2.45, 2.75) is 38.6 Å².